The lowest BCUT2D eigenvalue weighted by Crippen LogP contribution is -2.65. The van der Waals surface area contributed by atoms with Crippen LogP contribution in [-0.2, 0) is 11.8 Å². The number of hydrazone groups is 1. The summed E-state index contributed by atoms with van der Waals surface area (Å²) in [7, 11) is 3.95. The van der Waals surface area contributed by atoms with Gasteiger partial charge >= 0.3 is 0 Å². The number of likely N-dealkylation sites (tertiary alicyclic amines) is 1. The number of hydrogen-bond donors (Lipinski definition) is 1. The van der Waals surface area contributed by atoms with Crippen LogP contribution < -0.4 is 14.9 Å². The average molecular weight is 434 g/mol. The number of hydrogen-bond acceptors (Lipinski definition) is 7. The Labute approximate surface area is 186 Å². The summed E-state index contributed by atoms with van der Waals surface area (Å²) < 4.78 is 12.4. The molecular formula is C24H26N4O4. The Hall–Kier alpha value is -3.13. The van der Waals surface area contributed by atoms with Crippen molar-refractivity contribution in [3.05, 3.63) is 57.6 Å². The molecule has 2 heterocycles. The van der Waals surface area contributed by atoms with E-state index in [0.29, 0.717) is 12.0 Å². The van der Waals surface area contributed by atoms with Gasteiger partial charge in [0.05, 0.1) is 23.4 Å². The van der Waals surface area contributed by atoms with E-state index in [1.165, 1.54) is 23.3 Å². The van der Waals surface area contributed by atoms with Crippen molar-refractivity contribution in [1.82, 2.24) is 4.90 Å². The van der Waals surface area contributed by atoms with Crippen molar-refractivity contribution >= 4 is 17.1 Å². The highest BCUT2D eigenvalue weighted by atomic mass is 16.6. The first-order valence-electron chi connectivity index (χ1n) is 11.2. The number of nitrogens with zero attached hydrogens (tertiary/aromatic N) is 3. The van der Waals surface area contributed by atoms with Gasteiger partial charge in [-0.1, -0.05) is 6.07 Å². The molecule has 1 N–H and O–H groups in total. The standard InChI is InChI=1S/C24H26N4O4/c1-27-12-11-24-17-8-9-18(26-25-15-4-6-16(7-5-15)28(29)30)23(24)32-22-20(31-2)10-3-14(21(22)24)13-19(17)27/h3-7,10,17,19,23,25H,8-9,11-13H2,1-2H3/t17-,19+,23-,24-/m0/s1. The Kier molecular flexibility index (Phi) is 4.24. The largest absolute Gasteiger partial charge is 0.493 e. The van der Waals surface area contributed by atoms with Gasteiger partial charge in [-0.25, -0.2) is 0 Å². The first kappa shape index (κ1) is 19.5. The van der Waals surface area contributed by atoms with Crippen LogP contribution in [0, 0.1) is 16.0 Å². The third-order valence-electron chi connectivity index (χ3n) is 8.02. The molecular weight excluding hydrogens is 408 g/mol. The Morgan fingerprint density at radius 2 is 2.09 bits per heavy atom. The normalized spacial score (nSPS) is 31.1. The van der Waals surface area contributed by atoms with Crippen LogP contribution >= 0.6 is 0 Å². The maximum atomic E-state index is 10.9. The van der Waals surface area contributed by atoms with Crippen molar-refractivity contribution in [2.24, 2.45) is 11.0 Å². The quantitative estimate of drug-likeness (QED) is 0.583. The van der Waals surface area contributed by atoms with Gasteiger partial charge in [0.15, 0.2) is 11.5 Å². The van der Waals surface area contributed by atoms with E-state index in [2.05, 4.69) is 23.4 Å². The molecule has 6 rings (SSSR count). The van der Waals surface area contributed by atoms with Gasteiger partial charge in [0.25, 0.3) is 5.69 Å². The third-order valence-corrected chi connectivity index (χ3v) is 8.02. The molecule has 0 unspecified atom stereocenters. The second kappa shape index (κ2) is 6.93. The van der Waals surface area contributed by atoms with Gasteiger partial charge < -0.3 is 14.4 Å². The number of nitro benzene ring substituents is 1. The van der Waals surface area contributed by atoms with E-state index in [4.69, 9.17) is 14.6 Å². The van der Waals surface area contributed by atoms with E-state index in [1.54, 1.807) is 19.2 Å². The van der Waals surface area contributed by atoms with Gasteiger partial charge in [0.1, 0.15) is 6.10 Å². The van der Waals surface area contributed by atoms with Crippen LogP contribution in [-0.4, -0.2) is 48.4 Å². The molecule has 32 heavy (non-hydrogen) atoms. The first-order chi connectivity index (χ1) is 15.5. The van der Waals surface area contributed by atoms with Crippen LogP contribution in [0.15, 0.2) is 41.5 Å². The maximum Gasteiger partial charge on any atom is 0.269 e. The van der Waals surface area contributed by atoms with Crippen LogP contribution in [0.1, 0.15) is 30.4 Å². The molecule has 2 fully saturated rings. The predicted octanol–water partition coefficient (Wildman–Crippen LogP) is 3.74. The van der Waals surface area contributed by atoms with E-state index in [-0.39, 0.29) is 17.2 Å². The van der Waals surface area contributed by atoms with Crippen molar-refractivity contribution in [2.75, 3.05) is 26.1 Å². The summed E-state index contributed by atoms with van der Waals surface area (Å²) in [5.74, 6) is 2.23. The molecule has 4 aliphatic rings. The summed E-state index contributed by atoms with van der Waals surface area (Å²) >= 11 is 0. The lowest BCUT2D eigenvalue weighted by atomic mass is 9.51. The lowest BCUT2D eigenvalue weighted by molar-refractivity contribution is -0.384. The second-order valence-electron chi connectivity index (χ2n) is 9.34. The number of non-ortho nitro benzene ring substituents is 1. The zero-order chi connectivity index (χ0) is 22.0. The van der Waals surface area contributed by atoms with Gasteiger partial charge in [-0.05, 0) is 69.0 Å². The Morgan fingerprint density at radius 1 is 1.28 bits per heavy atom. The molecule has 2 aliphatic heterocycles. The minimum Gasteiger partial charge on any atom is -0.493 e. The smallest absolute Gasteiger partial charge is 0.269 e. The van der Waals surface area contributed by atoms with Crippen molar-refractivity contribution in [2.45, 2.75) is 43.2 Å². The van der Waals surface area contributed by atoms with E-state index < -0.39 is 4.92 Å². The number of anilines is 1. The first-order valence-corrected chi connectivity index (χ1v) is 11.2. The molecule has 166 valence electrons. The molecule has 8 nitrogen and oxygen atoms in total. The Balaban J connectivity index is 1.40. The number of nitrogens with one attached hydrogen (secondary N) is 1. The number of piperidine rings is 1. The molecule has 0 radical (unpaired) electrons. The average Bonchev–Trinajstić information content (AvgIpc) is 3.16. The summed E-state index contributed by atoms with van der Waals surface area (Å²) in [6.45, 7) is 1.04. The maximum absolute atomic E-state index is 10.9. The summed E-state index contributed by atoms with van der Waals surface area (Å²) in [5, 5.41) is 15.7. The molecule has 2 aromatic carbocycles. The number of likely N-dealkylation sites (N-methyl/N-ethyl adjacent to an activating group) is 1. The zero-order valence-corrected chi connectivity index (χ0v) is 18.2. The van der Waals surface area contributed by atoms with Crippen LogP contribution in [0.5, 0.6) is 11.5 Å². The Bertz CT molecular complexity index is 1130. The molecule has 1 saturated carbocycles. The van der Waals surface area contributed by atoms with Gasteiger partial charge in [0, 0.05) is 29.2 Å². The molecule has 0 aromatic heterocycles. The van der Waals surface area contributed by atoms with E-state index in [0.717, 1.165) is 55.1 Å². The molecule has 2 aliphatic carbocycles. The zero-order valence-electron chi connectivity index (χ0n) is 18.2. The number of ether oxygens (including phenoxy) is 2. The molecule has 8 heteroatoms. The van der Waals surface area contributed by atoms with Crippen LogP contribution in [0.25, 0.3) is 0 Å². The minimum atomic E-state index is -0.399. The predicted molar refractivity (Wildman–Crippen MR) is 121 cm³/mol. The van der Waals surface area contributed by atoms with Crippen molar-refractivity contribution in [3.63, 3.8) is 0 Å². The summed E-state index contributed by atoms with van der Waals surface area (Å²) in [6, 6.07) is 11.1. The molecule has 2 bridgehead atoms. The molecule has 0 amide bonds. The van der Waals surface area contributed by atoms with Gasteiger partial charge in [-0.3, -0.25) is 15.5 Å². The van der Waals surface area contributed by atoms with Crippen molar-refractivity contribution < 1.29 is 14.4 Å². The molecule has 1 spiro atoms. The highest BCUT2D eigenvalue weighted by molar-refractivity contribution is 5.94. The van der Waals surface area contributed by atoms with E-state index in [1.807, 2.05) is 6.07 Å². The fourth-order valence-corrected chi connectivity index (χ4v) is 6.60. The topological polar surface area (TPSA) is 89.2 Å². The van der Waals surface area contributed by atoms with Crippen molar-refractivity contribution in [1.29, 1.82) is 0 Å². The van der Waals surface area contributed by atoms with Gasteiger partial charge in [-0.2, -0.15) is 5.10 Å². The highest BCUT2D eigenvalue weighted by Crippen LogP contribution is 2.63. The molecule has 1 saturated heterocycles. The number of methoxy groups -OCH3 is 1. The third kappa shape index (κ3) is 2.56. The number of benzene rings is 2. The minimum absolute atomic E-state index is 0.0661. The SMILES string of the molecule is COc1ccc2c3c1O[C@H]1C(=NNc4ccc([N+](=O)[O-])cc4)CC[C@H]4[C@@H](C2)N(C)CC[C@]314. The summed E-state index contributed by atoms with van der Waals surface area (Å²) in [5.41, 5.74) is 7.57. The molecule has 4 atom stereocenters. The second-order valence-corrected chi connectivity index (χ2v) is 9.34. The summed E-state index contributed by atoms with van der Waals surface area (Å²) in [6.07, 6.45) is 3.92. The lowest BCUT2D eigenvalue weighted by Gasteiger charge is -2.57. The monoisotopic (exact) mass is 434 g/mol. The fourth-order valence-electron chi connectivity index (χ4n) is 6.60. The number of rotatable bonds is 4. The highest BCUT2D eigenvalue weighted by Gasteiger charge is 2.65. The Morgan fingerprint density at radius 3 is 2.84 bits per heavy atom. The van der Waals surface area contributed by atoms with Crippen LogP contribution in [0.2, 0.25) is 0 Å². The van der Waals surface area contributed by atoms with Gasteiger partial charge in [-0.15, -0.1) is 0 Å². The van der Waals surface area contributed by atoms with E-state index in [9.17, 15) is 10.1 Å². The summed E-state index contributed by atoms with van der Waals surface area (Å²) in [4.78, 5) is 13.0. The van der Waals surface area contributed by atoms with Crippen LogP contribution in [0.4, 0.5) is 11.4 Å². The van der Waals surface area contributed by atoms with E-state index >= 15 is 0 Å². The van der Waals surface area contributed by atoms with Gasteiger partial charge in [0.2, 0.25) is 0 Å². The van der Waals surface area contributed by atoms with Crippen LogP contribution in [0.3, 0.4) is 0 Å². The van der Waals surface area contributed by atoms with Crippen molar-refractivity contribution in [3.8, 4) is 11.5 Å². The number of nitro groups is 1. The molecule has 2 aromatic rings. The fraction of sp³-hybridized carbons (Fsp3) is 0.458.